The fraction of sp³-hybridized carbons (Fsp3) is 0.538. The maximum absolute atomic E-state index is 12.2. The zero-order chi connectivity index (χ0) is 14.6. The molecular formula is C13H21N3O3S. The molecule has 2 rings (SSSR count). The molecule has 0 bridgehead atoms. The fourth-order valence-electron chi connectivity index (χ4n) is 2.01. The van der Waals surface area contributed by atoms with Crippen molar-refractivity contribution >= 4 is 15.9 Å². The van der Waals surface area contributed by atoms with Gasteiger partial charge in [-0.15, -0.1) is 0 Å². The van der Waals surface area contributed by atoms with Crippen molar-refractivity contribution in [1.82, 2.24) is 9.62 Å². The molecule has 0 radical (unpaired) electrons. The highest BCUT2D eigenvalue weighted by Crippen LogP contribution is 2.17. The Hall–Kier alpha value is -1.15. The molecule has 112 valence electrons. The van der Waals surface area contributed by atoms with Gasteiger partial charge in [-0.25, -0.2) is 0 Å². The molecule has 0 saturated carbocycles. The van der Waals surface area contributed by atoms with Gasteiger partial charge in [0.05, 0.1) is 13.2 Å². The summed E-state index contributed by atoms with van der Waals surface area (Å²) in [6.07, 6.45) is 0. The standard InChI is InChI=1S/C13H21N3O3S/c1-11(14-2)12-3-5-13(6-4-12)15-20(17,18)16-7-9-19-10-8-16/h3-6,11,14-15H,7-10H2,1-2H3. The van der Waals surface area contributed by atoms with E-state index < -0.39 is 10.2 Å². The summed E-state index contributed by atoms with van der Waals surface area (Å²) in [6.45, 7) is 3.72. The van der Waals surface area contributed by atoms with Crippen molar-refractivity contribution in [2.75, 3.05) is 38.1 Å². The molecule has 0 aliphatic carbocycles. The SMILES string of the molecule is CNC(C)c1ccc(NS(=O)(=O)N2CCOCC2)cc1. The third-order valence-corrected chi connectivity index (χ3v) is 4.94. The number of hydrogen-bond donors (Lipinski definition) is 2. The average Bonchev–Trinajstić information content (AvgIpc) is 2.48. The monoisotopic (exact) mass is 299 g/mol. The van der Waals surface area contributed by atoms with Gasteiger partial charge in [-0.05, 0) is 31.7 Å². The molecule has 1 aliphatic heterocycles. The van der Waals surface area contributed by atoms with Crippen molar-refractivity contribution < 1.29 is 13.2 Å². The second-order valence-corrected chi connectivity index (χ2v) is 6.42. The summed E-state index contributed by atoms with van der Waals surface area (Å²) in [5.41, 5.74) is 1.69. The lowest BCUT2D eigenvalue weighted by molar-refractivity contribution is 0.0733. The molecule has 1 saturated heterocycles. The predicted molar refractivity (Wildman–Crippen MR) is 78.9 cm³/mol. The minimum absolute atomic E-state index is 0.236. The smallest absolute Gasteiger partial charge is 0.301 e. The molecule has 20 heavy (non-hydrogen) atoms. The van der Waals surface area contributed by atoms with Crippen molar-refractivity contribution in [1.29, 1.82) is 0 Å². The Morgan fingerprint density at radius 2 is 1.80 bits per heavy atom. The molecule has 1 aliphatic rings. The topological polar surface area (TPSA) is 70.7 Å². The largest absolute Gasteiger partial charge is 0.379 e. The van der Waals surface area contributed by atoms with Crippen LogP contribution in [0.2, 0.25) is 0 Å². The Kier molecular flexibility index (Phi) is 4.98. The summed E-state index contributed by atoms with van der Waals surface area (Å²) in [5.74, 6) is 0. The van der Waals surface area contributed by atoms with Gasteiger partial charge in [-0.3, -0.25) is 4.72 Å². The van der Waals surface area contributed by atoms with Crippen LogP contribution in [0.3, 0.4) is 0 Å². The fourth-order valence-corrected chi connectivity index (χ4v) is 3.20. The van der Waals surface area contributed by atoms with Gasteiger partial charge in [0.1, 0.15) is 0 Å². The number of benzene rings is 1. The second kappa shape index (κ2) is 6.53. The highest BCUT2D eigenvalue weighted by Gasteiger charge is 2.24. The average molecular weight is 299 g/mol. The molecule has 1 atom stereocenters. The Labute approximate surface area is 120 Å². The maximum atomic E-state index is 12.2. The van der Waals surface area contributed by atoms with E-state index in [0.717, 1.165) is 5.56 Å². The van der Waals surface area contributed by atoms with Gasteiger partial charge in [0.2, 0.25) is 0 Å². The summed E-state index contributed by atoms with van der Waals surface area (Å²) < 4.78 is 33.5. The molecule has 1 aromatic rings. The summed E-state index contributed by atoms with van der Waals surface area (Å²) in [6, 6.07) is 7.62. The van der Waals surface area contributed by atoms with Crippen molar-refractivity contribution in [3.05, 3.63) is 29.8 Å². The number of ether oxygens (including phenoxy) is 1. The first-order valence-electron chi connectivity index (χ1n) is 6.66. The Bertz CT molecular complexity index is 524. The predicted octanol–water partition coefficient (Wildman–Crippen LogP) is 0.956. The Balaban J connectivity index is 2.05. The lowest BCUT2D eigenvalue weighted by Gasteiger charge is -2.26. The molecule has 0 amide bonds. The normalized spacial score (nSPS) is 18.7. The van der Waals surface area contributed by atoms with Crippen molar-refractivity contribution in [2.24, 2.45) is 0 Å². The highest BCUT2D eigenvalue weighted by molar-refractivity contribution is 7.90. The Morgan fingerprint density at radius 3 is 2.35 bits per heavy atom. The van der Waals surface area contributed by atoms with Crippen LogP contribution in [0.1, 0.15) is 18.5 Å². The van der Waals surface area contributed by atoms with E-state index in [9.17, 15) is 8.42 Å². The molecule has 1 unspecified atom stereocenters. The van der Waals surface area contributed by atoms with Gasteiger partial charge in [-0.2, -0.15) is 12.7 Å². The summed E-state index contributed by atoms with van der Waals surface area (Å²) in [7, 11) is -1.60. The van der Waals surface area contributed by atoms with Crippen molar-refractivity contribution in [3.8, 4) is 0 Å². The number of nitrogens with zero attached hydrogens (tertiary/aromatic N) is 1. The summed E-state index contributed by atoms with van der Waals surface area (Å²) in [5, 5.41) is 3.14. The van der Waals surface area contributed by atoms with Crippen LogP contribution in [0.25, 0.3) is 0 Å². The van der Waals surface area contributed by atoms with Gasteiger partial charge < -0.3 is 10.1 Å². The first-order valence-corrected chi connectivity index (χ1v) is 8.10. The van der Waals surface area contributed by atoms with Gasteiger partial charge >= 0.3 is 10.2 Å². The van der Waals surface area contributed by atoms with E-state index in [2.05, 4.69) is 10.0 Å². The van der Waals surface area contributed by atoms with Gasteiger partial charge in [0, 0.05) is 24.8 Å². The van der Waals surface area contributed by atoms with Crippen LogP contribution < -0.4 is 10.0 Å². The van der Waals surface area contributed by atoms with Crippen molar-refractivity contribution in [3.63, 3.8) is 0 Å². The van der Waals surface area contributed by atoms with E-state index in [0.29, 0.717) is 32.0 Å². The molecule has 2 N–H and O–H groups in total. The van der Waals surface area contributed by atoms with E-state index in [1.54, 1.807) is 12.1 Å². The highest BCUT2D eigenvalue weighted by atomic mass is 32.2. The van der Waals surface area contributed by atoms with E-state index in [4.69, 9.17) is 4.74 Å². The van der Waals surface area contributed by atoms with E-state index in [1.807, 2.05) is 26.1 Å². The second-order valence-electron chi connectivity index (χ2n) is 4.75. The number of rotatable bonds is 5. The Morgan fingerprint density at radius 1 is 1.20 bits per heavy atom. The molecule has 1 aromatic carbocycles. The molecule has 6 nitrogen and oxygen atoms in total. The maximum Gasteiger partial charge on any atom is 0.301 e. The van der Waals surface area contributed by atoms with Crippen LogP contribution in [0.5, 0.6) is 0 Å². The quantitative estimate of drug-likeness (QED) is 0.849. The number of hydrogen-bond acceptors (Lipinski definition) is 4. The van der Waals surface area contributed by atoms with Crippen LogP contribution in [0.4, 0.5) is 5.69 Å². The summed E-state index contributed by atoms with van der Waals surface area (Å²) >= 11 is 0. The van der Waals surface area contributed by atoms with Crippen molar-refractivity contribution in [2.45, 2.75) is 13.0 Å². The first kappa shape index (κ1) is 15.2. The van der Waals surface area contributed by atoms with Crippen LogP contribution in [0.15, 0.2) is 24.3 Å². The minimum atomic E-state index is -3.49. The molecule has 0 spiro atoms. The van der Waals surface area contributed by atoms with Gasteiger partial charge in [0.15, 0.2) is 0 Å². The van der Waals surface area contributed by atoms with E-state index >= 15 is 0 Å². The molecule has 1 heterocycles. The third kappa shape index (κ3) is 3.69. The molecule has 1 fully saturated rings. The van der Waals surface area contributed by atoms with Crippen LogP contribution in [0, 0.1) is 0 Å². The lowest BCUT2D eigenvalue weighted by Crippen LogP contribution is -2.43. The van der Waals surface area contributed by atoms with Crippen LogP contribution in [-0.2, 0) is 14.9 Å². The number of anilines is 1. The molecule has 7 heteroatoms. The van der Waals surface area contributed by atoms with Crippen LogP contribution in [-0.4, -0.2) is 46.1 Å². The third-order valence-electron chi connectivity index (χ3n) is 3.40. The lowest BCUT2D eigenvalue weighted by atomic mass is 10.1. The van der Waals surface area contributed by atoms with Gasteiger partial charge in [0.25, 0.3) is 0 Å². The van der Waals surface area contributed by atoms with Gasteiger partial charge in [-0.1, -0.05) is 12.1 Å². The number of morpholine rings is 1. The summed E-state index contributed by atoms with van der Waals surface area (Å²) in [4.78, 5) is 0. The molecule has 0 aromatic heterocycles. The van der Waals surface area contributed by atoms with E-state index in [1.165, 1.54) is 4.31 Å². The van der Waals surface area contributed by atoms with E-state index in [-0.39, 0.29) is 6.04 Å². The zero-order valence-electron chi connectivity index (χ0n) is 11.8. The molecular weight excluding hydrogens is 278 g/mol. The van der Waals surface area contributed by atoms with Crippen LogP contribution >= 0.6 is 0 Å². The zero-order valence-corrected chi connectivity index (χ0v) is 12.6. The first-order chi connectivity index (χ1) is 9.53. The number of nitrogens with one attached hydrogen (secondary N) is 2. The minimum Gasteiger partial charge on any atom is -0.379 e.